The van der Waals surface area contributed by atoms with Gasteiger partial charge in [0.1, 0.15) is 60.9 Å². The molecule has 0 saturated heterocycles. The van der Waals surface area contributed by atoms with Crippen LogP contribution in [0.3, 0.4) is 0 Å². The standard InChI is InChI=1S/C21H23FN4O6.C19H19FN4O6.CH2Cl2.CH4.I3/c1-4-7-31-16-10-14(9-15(22)11-16)13-25(21(27)30-6-3)17-12-18(32-8-5-2)24-20(23)19(17)26(28)29;1-2-28-19(25)23-11-12-7-13(20)9-14(8-12)29-5-3-4-6-30-16-10-15(23)17(24(26)27)18(21)22-16;2-1-3;;1-3-2/h4-5,9-12H,1-2,6-8,13H2,3H3,(H2,23,24);3-4,7-10H,2,5-6,11H2,1H3,(H2,21,22);1H2;1H4;/q;;;;-1/b;4-3+;;;. The normalized spacial score (nSPS) is 11.7. The molecule has 0 fully saturated rings. The number of nitrogen functional groups attached to an aromatic ring is 2. The van der Waals surface area contributed by atoms with Gasteiger partial charge in [-0.15, -0.1) is 23.2 Å². The zero-order chi connectivity index (χ0) is 50.8. The number of halogens is 7. The van der Waals surface area contributed by atoms with E-state index in [2.05, 4.69) is 60.4 Å². The summed E-state index contributed by atoms with van der Waals surface area (Å²) in [6.07, 6.45) is 4.44. The molecule has 5 rings (SSSR count). The Balaban J connectivity index is 0.000000612. The average molecular weight is 1350 g/mol. The van der Waals surface area contributed by atoms with Crippen molar-refractivity contribution in [2.45, 2.75) is 34.4 Å². The molecule has 4 N–H and O–H groups in total. The van der Waals surface area contributed by atoms with Gasteiger partial charge in [-0.2, -0.15) is 9.97 Å². The summed E-state index contributed by atoms with van der Waals surface area (Å²) in [7, 11) is 0. The molecule has 0 saturated carbocycles. The average Bonchev–Trinajstić information content (AvgIpc) is 3.26. The molecule has 0 unspecified atom stereocenters. The number of hydrogen-bond acceptors (Lipinski definition) is 16. The monoisotopic (exact) mass is 1340 g/mol. The van der Waals surface area contributed by atoms with E-state index in [9.17, 15) is 38.6 Å². The Morgan fingerprint density at radius 3 is 2.06 bits per heavy atom. The number of ether oxygens (including phenoxy) is 6. The van der Waals surface area contributed by atoms with Crippen LogP contribution in [-0.4, -0.2) is 77.0 Å². The second-order valence-corrected chi connectivity index (χ2v) is 29.6. The molecule has 4 aromatic rings. The van der Waals surface area contributed by atoms with Gasteiger partial charge in [-0.25, -0.2) is 18.4 Å². The fourth-order valence-corrected chi connectivity index (χ4v) is 5.54. The summed E-state index contributed by atoms with van der Waals surface area (Å²) in [5.74, 6) is -1.75. The van der Waals surface area contributed by atoms with Crippen LogP contribution in [0.4, 0.5) is 52.8 Å². The SMILES string of the molecule is C.C=CCOc1cc(F)cc(CN(C(=O)OCC)c2cc(OCC=C)nc(N)c2[N+](=O)[O-])c1.CCOC(=O)N1Cc2cc(F)cc(c2)OC/C=C/COc2cc1c([N+](=O)[O-])c(N)n2.ClCCl.I[I-]I. The van der Waals surface area contributed by atoms with Crippen LogP contribution in [0.15, 0.2) is 86.0 Å². The third-order valence-electron chi connectivity index (χ3n) is 7.98. The van der Waals surface area contributed by atoms with E-state index < -0.39 is 56.7 Å². The maximum absolute atomic E-state index is 14.1. The van der Waals surface area contributed by atoms with E-state index in [4.69, 9.17) is 63.1 Å². The Hall–Kier alpha value is -5.27. The summed E-state index contributed by atoms with van der Waals surface area (Å²) in [4.78, 5) is 56.8. The number of rotatable bonds is 13. The van der Waals surface area contributed by atoms with Gasteiger partial charge >= 0.3 is 74.0 Å². The predicted octanol–water partition coefficient (Wildman–Crippen LogP) is 8.04. The molecule has 2 amide bonds. The van der Waals surface area contributed by atoms with Crippen molar-refractivity contribution in [1.29, 1.82) is 0 Å². The van der Waals surface area contributed by atoms with Crippen molar-refractivity contribution in [3.8, 4) is 23.3 Å². The molecule has 0 spiro atoms. The molecule has 378 valence electrons. The van der Waals surface area contributed by atoms with Crippen LogP contribution in [0.1, 0.15) is 32.4 Å². The maximum atomic E-state index is 14.1. The zero-order valence-corrected chi connectivity index (χ0v) is 44.1. The minimum absolute atomic E-state index is 0. The molecule has 0 aliphatic carbocycles. The molecule has 69 heavy (non-hydrogen) atoms. The summed E-state index contributed by atoms with van der Waals surface area (Å²) in [6, 6.07) is 10.1. The predicted molar refractivity (Wildman–Crippen MR) is 273 cm³/mol. The Kier molecular flexibility index (Phi) is 29.8. The van der Waals surface area contributed by atoms with Crippen LogP contribution in [0.2, 0.25) is 0 Å². The van der Waals surface area contributed by atoms with E-state index in [0.717, 1.165) is 15.9 Å². The van der Waals surface area contributed by atoms with Gasteiger partial charge in [0.25, 0.3) is 0 Å². The zero-order valence-electron chi connectivity index (χ0n) is 36.1. The number of fused-ring (bicyclic) bond motifs is 4. The van der Waals surface area contributed by atoms with Crippen LogP contribution in [0, 0.1) is 31.9 Å². The number of benzene rings is 2. The van der Waals surface area contributed by atoms with Crippen LogP contribution >= 0.6 is 60.4 Å². The van der Waals surface area contributed by atoms with Gasteiger partial charge in [0, 0.05) is 24.3 Å². The fraction of sp³-hybridized carbons (Fsp3) is 0.286. The molecular formula is C42H48Cl2F2I3N8O12-. The van der Waals surface area contributed by atoms with Gasteiger partial charge in [-0.1, -0.05) is 32.7 Å². The van der Waals surface area contributed by atoms with E-state index in [-0.39, 0.29) is 106 Å². The second-order valence-electron chi connectivity index (χ2n) is 12.5. The first-order valence-electron chi connectivity index (χ1n) is 19.3. The van der Waals surface area contributed by atoms with Crippen molar-refractivity contribution < 1.29 is 69.9 Å². The number of nitrogens with two attached hydrogens (primary N) is 2. The Bertz CT molecular complexity index is 2400. The van der Waals surface area contributed by atoms with Crippen molar-refractivity contribution in [3.05, 3.63) is 129 Å². The molecule has 1 aliphatic rings. The van der Waals surface area contributed by atoms with E-state index >= 15 is 0 Å². The van der Waals surface area contributed by atoms with Gasteiger partial charge < -0.3 is 39.9 Å². The van der Waals surface area contributed by atoms with Crippen LogP contribution in [-0.2, 0) is 22.6 Å². The molecular weight excluding hydrogens is 1300 g/mol. The Morgan fingerprint density at radius 1 is 0.884 bits per heavy atom. The number of aromatic nitrogens is 2. The number of carbonyl (C=O) groups excluding carboxylic acids is 2. The van der Waals surface area contributed by atoms with Crippen molar-refractivity contribution in [3.63, 3.8) is 0 Å². The number of nitro groups is 2. The topological polar surface area (TPSA) is 260 Å². The molecule has 0 atom stereocenters. The third kappa shape index (κ3) is 20.7. The number of carbonyl (C=O) groups is 2. The van der Waals surface area contributed by atoms with Gasteiger partial charge in [0.15, 0.2) is 0 Å². The molecule has 1 aliphatic heterocycles. The van der Waals surface area contributed by atoms with Gasteiger partial charge in [0.05, 0.1) is 41.5 Å². The van der Waals surface area contributed by atoms with Crippen molar-refractivity contribution in [2.75, 3.05) is 66.2 Å². The molecule has 20 nitrogen and oxygen atoms in total. The summed E-state index contributed by atoms with van der Waals surface area (Å²) in [6.45, 7) is 10.1. The first-order valence-corrected chi connectivity index (χ1v) is 32.9. The van der Waals surface area contributed by atoms with E-state index in [1.807, 2.05) is 0 Å². The summed E-state index contributed by atoms with van der Waals surface area (Å²) >= 11 is 14.8. The molecule has 4 bridgehead atoms. The molecule has 2 aromatic carbocycles. The molecule has 2 aromatic heterocycles. The quantitative estimate of drug-likeness (QED) is 0.0422. The van der Waals surface area contributed by atoms with Crippen LogP contribution in [0.25, 0.3) is 0 Å². The van der Waals surface area contributed by atoms with E-state index in [1.54, 1.807) is 26.0 Å². The third-order valence-corrected chi connectivity index (χ3v) is 7.98. The number of hydrogen-bond donors (Lipinski definition) is 2. The summed E-state index contributed by atoms with van der Waals surface area (Å²) in [5, 5.41) is 23.5. The van der Waals surface area contributed by atoms with Crippen molar-refractivity contribution >= 4 is 107 Å². The number of anilines is 4. The minimum atomic E-state index is -0.909. The fourth-order valence-electron chi connectivity index (χ4n) is 5.54. The van der Waals surface area contributed by atoms with Gasteiger partial charge in [-0.05, 0) is 61.4 Å². The summed E-state index contributed by atoms with van der Waals surface area (Å²) in [5.41, 5.74) is 10.5. The number of alkyl halides is 2. The molecule has 3 heterocycles. The number of amides is 2. The van der Waals surface area contributed by atoms with Crippen molar-refractivity contribution in [2.24, 2.45) is 0 Å². The summed E-state index contributed by atoms with van der Waals surface area (Å²) < 4.78 is 60.0. The van der Waals surface area contributed by atoms with Crippen LogP contribution in [0.5, 0.6) is 23.3 Å². The van der Waals surface area contributed by atoms with Crippen molar-refractivity contribution in [1.82, 2.24) is 9.97 Å². The molecule has 0 radical (unpaired) electrons. The van der Waals surface area contributed by atoms with Gasteiger partial charge in [-0.3, -0.25) is 30.0 Å². The van der Waals surface area contributed by atoms with Gasteiger partial charge in [0.2, 0.25) is 23.4 Å². The van der Waals surface area contributed by atoms with E-state index in [1.165, 1.54) is 54.6 Å². The number of pyridine rings is 2. The second kappa shape index (κ2) is 33.3. The first kappa shape index (κ1) is 61.7. The van der Waals surface area contributed by atoms with Crippen LogP contribution < -0.4 is 53.5 Å². The number of nitrogens with zero attached hydrogens (tertiary/aromatic N) is 6. The van der Waals surface area contributed by atoms with E-state index in [0.29, 0.717) is 18.8 Å². The Labute approximate surface area is 436 Å². The first-order chi connectivity index (χ1) is 32.5. The Morgan fingerprint density at radius 2 is 1.46 bits per heavy atom. The molecule has 27 heteroatoms.